The van der Waals surface area contributed by atoms with Crippen LogP contribution in [0.15, 0.2) is 78.9 Å². The third kappa shape index (κ3) is 6.77. The van der Waals surface area contributed by atoms with Crippen molar-refractivity contribution < 1.29 is 23.9 Å². The molecule has 0 aromatic heterocycles. The lowest BCUT2D eigenvalue weighted by molar-refractivity contribution is -0.150. The Morgan fingerprint density at radius 3 is 2.15 bits per heavy atom. The number of nitrogens with one attached hydrogen (secondary N) is 3. The number of aryl methyl sites for hydroxylation is 2. The highest BCUT2D eigenvalue weighted by molar-refractivity contribution is 6.02. The van der Waals surface area contributed by atoms with Crippen molar-refractivity contribution in [2.45, 2.75) is 19.9 Å². The maximum Gasteiger partial charge on any atom is 0.333 e. The zero-order valence-corrected chi connectivity index (χ0v) is 18.8. The van der Waals surface area contributed by atoms with E-state index in [0.29, 0.717) is 16.8 Å². The van der Waals surface area contributed by atoms with Gasteiger partial charge in [-0.3, -0.25) is 14.9 Å². The van der Waals surface area contributed by atoms with Crippen LogP contribution in [0.1, 0.15) is 33.1 Å². The number of carbonyl (C=O) groups excluding carboxylic acids is 4. The van der Waals surface area contributed by atoms with Gasteiger partial charge < -0.3 is 15.4 Å². The first-order chi connectivity index (χ1) is 16.3. The van der Waals surface area contributed by atoms with Gasteiger partial charge in [-0.25, -0.2) is 9.59 Å². The van der Waals surface area contributed by atoms with Crippen molar-refractivity contribution in [2.75, 3.05) is 11.9 Å². The molecule has 0 bridgehead atoms. The second kappa shape index (κ2) is 11.4. The van der Waals surface area contributed by atoms with Crippen molar-refractivity contribution in [1.82, 2.24) is 10.6 Å². The molecule has 0 spiro atoms. The van der Waals surface area contributed by atoms with Gasteiger partial charge in [-0.05, 0) is 43.2 Å². The van der Waals surface area contributed by atoms with E-state index in [9.17, 15) is 19.2 Å². The number of carbonyl (C=O) groups is 4. The summed E-state index contributed by atoms with van der Waals surface area (Å²) in [5.74, 6) is -2.11. The number of anilines is 1. The molecular formula is C26H25N3O5. The molecule has 34 heavy (non-hydrogen) atoms. The van der Waals surface area contributed by atoms with Gasteiger partial charge in [0.05, 0.1) is 0 Å². The lowest BCUT2D eigenvalue weighted by Crippen LogP contribution is -2.39. The van der Waals surface area contributed by atoms with Crippen LogP contribution < -0.4 is 16.0 Å². The van der Waals surface area contributed by atoms with Crippen LogP contribution in [0.3, 0.4) is 0 Å². The minimum atomic E-state index is -1.13. The van der Waals surface area contributed by atoms with E-state index in [1.807, 2.05) is 26.0 Å². The van der Waals surface area contributed by atoms with Crippen molar-refractivity contribution in [1.29, 1.82) is 0 Å². The fourth-order valence-corrected chi connectivity index (χ4v) is 3.22. The van der Waals surface area contributed by atoms with Gasteiger partial charge in [0.2, 0.25) is 0 Å². The quantitative estimate of drug-likeness (QED) is 0.467. The van der Waals surface area contributed by atoms with Crippen LogP contribution in [0.5, 0.6) is 0 Å². The number of benzene rings is 3. The predicted octanol–water partition coefficient (Wildman–Crippen LogP) is 3.67. The van der Waals surface area contributed by atoms with E-state index >= 15 is 0 Å². The van der Waals surface area contributed by atoms with Crippen LogP contribution in [0, 0.1) is 13.8 Å². The Morgan fingerprint density at radius 1 is 0.853 bits per heavy atom. The molecule has 0 aliphatic rings. The first kappa shape index (κ1) is 24.2. The van der Waals surface area contributed by atoms with Crippen LogP contribution in [-0.2, 0) is 14.3 Å². The first-order valence-electron chi connectivity index (χ1n) is 10.6. The van der Waals surface area contributed by atoms with Gasteiger partial charge >= 0.3 is 12.0 Å². The summed E-state index contributed by atoms with van der Waals surface area (Å²) in [5.41, 5.74) is 3.30. The van der Waals surface area contributed by atoms with Crippen LogP contribution >= 0.6 is 0 Å². The van der Waals surface area contributed by atoms with E-state index in [0.717, 1.165) is 11.1 Å². The number of urea groups is 1. The molecule has 0 heterocycles. The topological polar surface area (TPSA) is 114 Å². The molecule has 1 unspecified atom stereocenters. The highest BCUT2D eigenvalue weighted by Crippen LogP contribution is 2.17. The van der Waals surface area contributed by atoms with Crippen LogP contribution in [-0.4, -0.2) is 30.4 Å². The summed E-state index contributed by atoms with van der Waals surface area (Å²) in [4.78, 5) is 49.6. The summed E-state index contributed by atoms with van der Waals surface area (Å²) in [5, 5.41) is 7.33. The maximum atomic E-state index is 12.8. The summed E-state index contributed by atoms with van der Waals surface area (Å²) >= 11 is 0. The summed E-state index contributed by atoms with van der Waals surface area (Å²) in [6.07, 6.45) is 0. The van der Waals surface area contributed by atoms with Crippen molar-refractivity contribution in [3.63, 3.8) is 0 Å². The fraction of sp³-hybridized carbons (Fsp3) is 0.154. The zero-order chi connectivity index (χ0) is 24.5. The second-order valence-corrected chi connectivity index (χ2v) is 7.61. The van der Waals surface area contributed by atoms with Gasteiger partial charge in [-0.1, -0.05) is 66.2 Å². The molecule has 3 aromatic carbocycles. The molecule has 8 nitrogen and oxygen atoms in total. The molecule has 0 saturated carbocycles. The normalized spacial score (nSPS) is 11.1. The van der Waals surface area contributed by atoms with Crippen molar-refractivity contribution in [2.24, 2.45) is 0 Å². The summed E-state index contributed by atoms with van der Waals surface area (Å²) in [7, 11) is 0. The summed E-state index contributed by atoms with van der Waals surface area (Å²) < 4.78 is 5.10. The number of hydrogen-bond acceptors (Lipinski definition) is 5. The van der Waals surface area contributed by atoms with E-state index < -0.39 is 36.5 Å². The van der Waals surface area contributed by atoms with Gasteiger partial charge in [0, 0.05) is 11.3 Å². The first-order valence-corrected chi connectivity index (χ1v) is 10.6. The highest BCUT2D eigenvalue weighted by Gasteiger charge is 2.25. The molecule has 0 saturated heterocycles. The lowest BCUT2D eigenvalue weighted by atomic mass is 10.1. The number of esters is 1. The Morgan fingerprint density at radius 2 is 1.50 bits per heavy atom. The van der Waals surface area contributed by atoms with Gasteiger partial charge in [-0.15, -0.1) is 0 Å². The van der Waals surface area contributed by atoms with E-state index in [1.165, 1.54) is 0 Å². The average Bonchev–Trinajstić information content (AvgIpc) is 2.83. The minimum Gasteiger partial charge on any atom is -0.454 e. The average molecular weight is 460 g/mol. The number of hydrogen-bond donors (Lipinski definition) is 3. The maximum absolute atomic E-state index is 12.8. The molecule has 3 aromatic rings. The number of amides is 4. The third-order valence-corrected chi connectivity index (χ3v) is 4.91. The Hall–Kier alpha value is -4.46. The standard InChI is InChI=1S/C26H25N3O5/c1-17-13-14-21(18(2)15-17)27-26(33)28-22(30)16-34-25(32)23(19-9-5-3-6-10-19)29-24(31)20-11-7-4-8-12-20/h3-15,23H,16H2,1-2H3,(H,29,31)(H2,27,28,30,33). The molecule has 0 radical (unpaired) electrons. The predicted molar refractivity (Wildman–Crippen MR) is 127 cm³/mol. The molecule has 174 valence electrons. The second-order valence-electron chi connectivity index (χ2n) is 7.61. The summed E-state index contributed by atoms with van der Waals surface area (Å²) in [6.45, 7) is 3.07. The third-order valence-electron chi connectivity index (χ3n) is 4.91. The molecule has 8 heteroatoms. The SMILES string of the molecule is Cc1ccc(NC(=O)NC(=O)COC(=O)C(NC(=O)c2ccccc2)c2ccccc2)c(C)c1. The molecule has 3 N–H and O–H groups in total. The van der Waals surface area contributed by atoms with Crippen molar-refractivity contribution in [3.8, 4) is 0 Å². The molecule has 0 aliphatic heterocycles. The molecule has 0 fully saturated rings. The van der Waals surface area contributed by atoms with Crippen molar-refractivity contribution in [3.05, 3.63) is 101 Å². The van der Waals surface area contributed by atoms with Gasteiger partial charge in [-0.2, -0.15) is 0 Å². The molecule has 1 atom stereocenters. The lowest BCUT2D eigenvalue weighted by Gasteiger charge is -2.18. The largest absolute Gasteiger partial charge is 0.454 e. The number of ether oxygens (including phenoxy) is 1. The van der Waals surface area contributed by atoms with Crippen LogP contribution in [0.2, 0.25) is 0 Å². The van der Waals surface area contributed by atoms with Crippen LogP contribution in [0.25, 0.3) is 0 Å². The smallest absolute Gasteiger partial charge is 0.333 e. The summed E-state index contributed by atoms with van der Waals surface area (Å²) in [6, 6.07) is 20.5. The van der Waals surface area contributed by atoms with E-state index in [1.54, 1.807) is 66.7 Å². The van der Waals surface area contributed by atoms with Crippen LogP contribution in [0.4, 0.5) is 10.5 Å². The molecular weight excluding hydrogens is 434 g/mol. The fourth-order valence-electron chi connectivity index (χ4n) is 3.22. The Labute approximate surface area is 197 Å². The Kier molecular flexibility index (Phi) is 8.12. The van der Waals surface area contributed by atoms with Gasteiger partial charge in [0.25, 0.3) is 11.8 Å². The molecule has 4 amide bonds. The van der Waals surface area contributed by atoms with E-state index in [4.69, 9.17) is 4.74 Å². The number of rotatable bonds is 7. The molecule has 0 aliphatic carbocycles. The Balaban J connectivity index is 1.59. The Bertz CT molecular complexity index is 1180. The van der Waals surface area contributed by atoms with Gasteiger partial charge in [0.15, 0.2) is 12.6 Å². The highest BCUT2D eigenvalue weighted by atomic mass is 16.5. The van der Waals surface area contributed by atoms with E-state index in [-0.39, 0.29) is 0 Å². The van der Waals surface area contributed by atoms with E-state index in [2.05, 4.69) is 16.0 Å². The minimum absolute atomic E-state index is 0.372. The van der Waals surface area contributed by atoms with Gasteiger partial charge in [0.1, 0.15) is 0 Å². The number of imide groups is 1. The molecule has 3 rings (SSSR count). The van der Waals surface area contributed by atoms with Crippen molar-refractivity contribution >= 4 is 29.5 Å². The zero-order valence-electron chi connectivity index (χ0n) is 18.8. The monoisotopic (exact) mass is 459 g/mol.